The molecule has 162 valence electrons. The van der Waals surface area contributed by atoms with Gasteiger partial charge in [-0.15, -0.1) is 11.3 Å². The Morgan fingerprint density at radius 2 is 2.00 bits per heavy atom. The summed E-state index contributed by atoms with van der Waals surface area (Å²) < 4.78 is 27.0. The summed E-state index contributed by atoms with van der Waals surface area (Å²) in [6.07, 6.45) is 1.29. The zero-order valence-electron chi connectivity index (χ0n) is 16.8. The molecule has 1 fully saturated rings. The molecule has 7 nitrogen and oxygen atoms in total. The first-order valence-electron chi connectivity index (χ1n) is 9.74. The van der Waals surface area contributed by atoms with Crippen LogP contribution in [0, 0.1) is 0 Å². The number of halogens is 1. The topological polar surface area (TPSA) is 86.8 Å². The van der Waals surface area contributed by atoms with Crippen LogP contribution in [0.5, 0.6) is 0 Å². The predicted molar refractivity (Wildman–Crippen MR) is 119 cm³/mol. The molecule has 1 atom stereocenters. The highest BCUT2D eigenvalue weighted by Gasteiger charge is 2.35. The summed E-state index contributed by atoms with van der Waals surface area (Å²) in [6, 6.07) is 7.32. The number of carbonyl (C=O) groups is 2. The zero-order valence-corrected chi connectivity index (χ0v) is 19.2. The normalized spacial score (nSPS) is 16.8. The molecule has 2 aromatic rings. The molecule has 1 aliphatic rings. The average Bonchev–Trinajstić information content (AvgIpc) is 3.41. The zero-order chi connectivity index (χ0) is 21.9. The number of thiophene rings is 1. The maximum atomic E-state index is 12.9. The number of nitrogens with zero attached hydrogens (tertiary/aromatic N) is 2. The summed E-state index contributed by atoms with van der Waals surface area (Å²) in [5.41, 5.74) is 0.325. The van der Waals surface area contributed by atoms with E-state index in [9.17, 15) is 18.0 Å². The van der Waals surface area contributed by atoms with Crippen molar-refractivity contribution in [1.29, 1.82) is 0 Å². The highest BCUT2D eigenvalue weighted by molar-refractivity contribution is 7.89. The SMILES string of the molecule is CCN(CC)S(=O)(=O)c1cc(NC(=O)C2CCCN2C(=O)c2cccs2)ccc1Cl. The number of amides is 2. The quantitative estimate of drug-likeness (QED) is 0.670. The molecule has 3 rings (SSSR count). The second-order valence-electron chi connectivity index (χ2n) is 6.86. The fourth-order valence-electron chi connectivity index (χ4n) is 3.53. The van der Waals surface area contributed by atoms with E-state index in [1.807, 2.05) is 5.38 Å². The molecule has 0 bridgehead atoms. The van der Waals surface area contributed by atoms with Gasteiger partial charge in [0.15, 0.2) is 0 Å². The van der Waals surface area contributed by atoms with E-state index in [1.54, 1.807) is 36.9 Å². The third-order valence-corrected chi connectivity index (χ3v) is 8.46. The molecule has 2 amide bonds. The Morgan fingerprint density at radius 1 is 1.27 bits per heavy atom. The van der Waals surface area contributed by atoms with Gasteiger partial charge in [0.1, 0.15) is 10.9 Å². The monoisotopic (exact) mass is 469 g/mol. The van der Waals surface area contributed by atoms with Crippen molar-refractivity contribution >= 4 is 50.5 Å². The molecule has 1 aromatic carbocycles. The molecular formula is C20H24ClN3O4S2. The van der Waals surface area contributed by atoms with Gasteiger partial charge in [0.2, 0.25) is 15.9 Å². The minimum absolute atomic E-state index is 0.0522. The molecule has 0 aliphatic carbocycles. The van der Waals surface area contributed by atoms with E-state index in [-0.39, 0.29) is 21.7 Å². The second-order valence-corrected chi connectivity index (χ2v) is 10.1. The number of hydrogen-bond acceptors (Lipinski definition) is 5. The summed E-state index contributed by atoms with van der Waals surface area (Å²) >= 11 is 7.49. The highest BCUT2D eigenvalue weighted by atomic mass is 35.5. The van der Waals surface area contributed by atoms with Crippen LogP contribution in [0.1, 0.15) is 36.4 Å². The van der Waals surface area contributed by atoms with Crippen molar-refractivity contribution in [2.45, 2.75) is 37.6 Å². The molecule has 10 heteroatoms. The lowest BCUT2D eigenvalue weighted by molar-refractivity contribution is -0.119. The van der Waals surface area contributed by atoms with Crippen LogP contribution in [0.4, 0.5) is 5.69 Å². The highest BCUT2D eigenvalue weighted by Crippen LogP contribution is 2.29. The first kappa shape index (κ1) is 22.7. The van der Waals surface area contributed by atoms with Crippen molar-refractivity contribution in [3.63, 3.8) is 0 Å². The van der Waals surface area contributed by atoms with Crippen molar-refractivity contribution < 1.29 is 18.0 Å². The first-order chi connectivity index (χ1) is 14.3. The van der Waals surface area contributed by atoms with Crippen molar-refractivity contribution in [3.8, 4) is 0 Å². The minimum atomic E-state index is -3.78. The number of benzene rings is 1. The molecule has 30 heavy (non-hydrogen) atoms. The number of rotatable bonds is 7. The van der Waals surface area contributed by atoms with Gasteiger partial charge in [-0.1, -0.05) is 31.5 Å². The van der Waals surface area contributed by atoms with Crippen LogP contribution in [0.25, 0.3) is 0 Å². The Kier molecular flexibility index (Phi) is 7.18. The number of carbonyl (C=O) groups excluding carboxylic acids is 2. The van der Waals surface area contributed by atoms with Gasteiger partial charge in [0, 0.05) is 25.3 Å². The van der Waals surface area contributed by atoms with Crippen molar-refractivity contribution in [2.75, 3.05) is 25.0 Å². The number of likely N-dealkylation sites (tertiary alicyclic amines) is 1. The fourth-order valence-corrected chi connectivity index (χ4v) is 6.17. The summed E-state index contributed by atoms with van der Waals surface area (Å²) in [5.74, 6) is -0.505. The maximum Gasteiger partial charge on any atom is 0.264 e. The van der Waals surface area contributed by atoms with Crippen LogP contribution in [-0.4, -0.2) is 55.1 Å². The Bertz CT molecular complexity index is 1020. The standard InChI is InChI=1S/C20H24ClN3O4S2/c1-3-23(4-2)30(27,28)18-13-14(9-10-15(18)21)22-19(25)16-7-5-11-24(16)20(26)17-8-6-12-29-17/h6,8-10,12-13,16H,3-5,7,11H2,1-2H3,(H,22,25). The lowest BCUT2D eigenvalue weighted by Gasteiger charge is -2.24. The van der Waals surface area contributed by atoms with Gasteiger partial charge >= 0.3 is 0 Å². The van der Waals surface area contributed by atoms with Gasteiger partial charge < -0.3 is 10.2 Å². The molecule has 1 unspecified atom stereocenters. The van der Waals surface area contributed by atoms with Gasteiger partial charge in [-0.25, -0.2) is 8.42 Å². The van der Waals surface area contributed by atoms with Crippen LogP contribution < -0.4 is 5.32 Å². The third-order valence-electron chi connectivity index (χ3n) is 5.07. The maximum absolute atomic E-state index is 12.9. The van der Waals surface area contributed by atoms with Crippen LogP contribution in [0.15, 0.2) is 40.6 Å². The molecule has 0 saturated carbocycles. The molecule has 0 spiro atoms. The molecule has 0 radical (unpaired) electrons. The van der Waals surface area contributed by atoms with E-state index in [0.29, 0.717) is 36.6 Å². The summed E-state index contributed by atoms with van der Waals surface area (Å²) in [7, 11) is -3.78. The molecule has 1 N–H and O–H groups in total. The number of nitrogens with one attached hydrogen (secondary N) is 1. The van der Waals surface area contributed by atoms with E-state index in [1.165, 1.54) is 27.8 Å². The van der Waals surface area contributed by atoms with Crippen LogP contribution in [-0.2, 0) is 14.8 Å². The van der Waals surface area contributed by atoms with Crippen LogP contribution in [0.3, 0.4) is 0 Å². The lowest BCUT2D eigenvalue weighted by atomic mass is 10.2. The van der Waals surface area contributed by atoms with Gasteiger partial charge in [0.05, 0.1) is 9.90 Å². The second kappa shape index (κ2) is 9.47. The van der Waals surface area contributed by atoms with E-state index >= 15 is 0 Å². The average molecular weight is 470 g/mol. The smallest absolute Gasteiger partial charge is 0.264 e. The summed E-state index contributed by atoms with van der Waals surface area (Å²) in [6.45, 7) is 4.64. The summed E-state index contributed by atoms with van der Waals surface area (Å²) in [5, 5.41) is 4.67. The first-order valence-corrected chi connectivity index (χ1v) is 12.4. The lowest BCUT2D eigenvalue weighted by Crippen LogP contribution is -2.43. The third kappa shape index (κ3) is 4.54. The van der Waals surface area contributed by atoms with E-state index < -0.39 is 16.1 Å². The van der Waals surface area contributed by atoms with Gasteiger partial charge in [-0.05, 0) is 42.5 Å². The minimum Gasteiger partial charge on any atom is -0.326 e. The van der Waals surface area contributed by atoms with E-state index in [2.05, 4.69) is 5.32 Å². The number of sulfonamides is 1. The summed E-state index contributed by atoms with van der Waals surface area (Å²) in [4.78, 5) is 27.7. The van der Waals surface area contributed by atoms with Crippen LogP contribution in [0.2, 0.25) is 5.02 Å². The Hall–Kier alpha value is -1.94. The largest absolute Gasteiger partial charge is 0.326 e. The Morgan fingerprint density at radius 3 is 2.63 bits per heavy atom. The Balaban J connectivity index is 1.81. The number of hydrogen-bond donors (Lipinski definition) is 1. The van der Waals surface area contributed by atoms with Crippen molar-refractivity contribution in [1.82, 2.24) is 9.21 Å². The molecule has 1 aromatic heterocycles. The van der Waals surface area contributed by atoms with Gasteiger partial charge in [-0.3, -0.25) is 9.59 Å². The van der Waals surface area contributed by atoms with Crippen LogP contribution >= 0.6 is 22.9 Å². The van der Waals surface area contributed by atoms with E-state index in [0.717, 1.165) is 6.42 Å². The predicted octanol–water partition coefficient (Wildman–Crippen LogP) is 3.68. The molecule has 2 heterocycles. The fraction of sp³-hybridized carbons (Fsp3) is 0.400. The molecule has 1 saturated heterocycles. The Labute approximate surface area is 185 Å². The number of anilines is 1. The molecule has 1 aliphatic heterocycles. The van der Waals surface area contributed by atoms with Crippen molar-refractivity contribution in [3.05, 3.63) is 45.6 Å². The molecular weight excluding hydrogens is 446 g/mol. The van der Waals surface area contributed by atoms with E-state index in [4.69, 9.17) is 11.6 Å². The van der Waals surface area contributed by atoms with Gasteiger partial charge in [0.25, 0.3) is 5.91 Å². The van der Waals surface area contributed by atoms with Crippen molar-refractivity contribution in [2.24, 2.45) is 0 Å². The van der Waals surface area contributed by atoms with Gasteiger partial charge in [-0.2, -0.15) is 4.31 Å².